The molecule has 1 amide bonds. The van der Waals surface area contributed by atoms with Crippen molar-refractivity contribution in [1.82, 2.24) is 15.0 Å². The van der Waals surface area contributed by atoms with Crippen molar-refractivity contribution in [3.8, 4) is 0 Å². The third-order valence-corrected chi connectivity index (χ3v) is 4.38. The summed E-state index contributed by atoms with van der Waals surface area (Å²) in [5.41, 5.74) is 0.333. The first-order chi connectivity index (χ1) is 8.98. The molecule has 0 fully saturated rings. The highest BCUT2D eigenvalue weighted by Gasteiger charge is 2.10. The summed E-state index contributed by atoms with van der Waals surface area (Å²) in [6.07, 6.45) is 0. The number of thiazole rings is 1. The Balaban J connectivity index is 2.35. The molecule has 0 atom stereocenters. The number of amides is 1. The summed E-state index contributed by atoms with van der Waals surface area (Å²) in [5, 5.41) is 7.96. The second-order valence-corrected chi connectivity index (χ2v) is 6.58. The summed E-state index contributed by atoms with van der Waals surface area (Å²) in [6.45, 7) is 4.64. The van der Waals surface area contributed by atoms with Gasteiger partial charge in [-0.1, -0.05) is 0 Å². The Hall–Kier alpha value is -1.19. The fourth-order valence-corrected chi connectivity index (χ4v) is 2.56. The van der Waals surface area contributed by atoms with Crippen molar-refractivity contribution in [3.05, 3.63) is 11.1 Å². The van der Waals surface area contributed by atoms with Crippen molar-refractivity contribution < 1.29 is 13.2 Å². The average molecular weight is 306 g/mol. The lowest BCUT2D eigenvalue weighted by atomic mass is 10.4. The molecule has 0 aliphatic heterocycles. The van der Waals surface area contributed by atoms with Crippen LogP contribution < -0.4 is 15.4 Å². The number of carbonyl (C=O) groups excluding carboxylic acids is 1. The maximum absolute atomic E-state index is 11.7. The number of nitrogens with one attached hydrogen (secondary N) is 3. The van der Waals surface area contributed by atoms with E-state index >= 15 is 0 Å². The van der Waals surface area contributed by atoms with Gasteiger partial charge in [0.15, 0.2) is 5.13 Å². The lowest BCUT2D eigenvalue weighted by Crippen LogP contribution is -2.35. The molecular weight excluding hydrogens is 288 g/mol. The van der Waals surface area contributed by atoms with Gasteiger partial charge in [-0.05, 0) is 13.8 Å². The van der Waals surface area contributed by atoms with Crippen LogP contribution in [0.1, 0.15) is 24.3 Å². The van der Waals surface area contributed by atoms with Crippen LogP contribution >= 0.6 is 11.3 Å². The highest BCUT2D eigenvalue weighted by Crippen LogP contribution is 2.14. The van der Waals surface area contributed by atoms with Gasteiger partial charge in [0.2, 0.25) is 10.0 Å². The predicted octanol–water partition coefficient (Wildman–Crippen LogP) is 0.244. The fraction of sp³-hybridized carbons (Fsp3) is 0.600. The van der Waals surface area contributed by atoms with Crippen molar-refractivity contribution >= 4 is 32.4 Å². The van der Waals surface area contributed by atoms with E-state index in [1.165, 1.54) is 11.3 Å². The number of aromatic nitrogens is 1. The fourth-order valence-electron chi connectivity index (χ4n) is 1.19. The second-order valence-electron chi connectivity index (χ2n) is 3.62. The topological polar surface area (TPSA) is 100 Å². The highest BCUT2D eigenvalue weighted by molar-refractivity contribution is 7.89. The van der Waals surface area contributed by atoms with Crippen LogP contribution in [0.2, 0.25) is 0 Å². The zero-order chi connectivity index (χ0) is 14.3. The molecule has 1 heterocycles. The second kappa shape index (κ2) is 7.41. The minimum atomic E-state index is -3.21. The molecule has 0 aromatic carbocycles. The smallest absolute Gasteiger partial charge is 0.270 e. The van der Waals surface area contributed by atoms with Crippen molar-refractivity contribution in [1.29, 1.82) is 0 Å². The molecule has 1 aromatic rings. The van der Waals surface area contributed by atoms with Crippen LogP contribution in [0.25, 0.3) is 0 Å². The maximum atomic E-state index is 11.7. The Kier molecular flexibility index (Phi) is 6.19. The number of sulfonamides is 1. The lowest BCUT2D eigenvalue weighted by Gasteiger charge is -2.05. The Bertz CT molecular complexity index is 513. The van der Waals surface area contributed by atoms with Gasteiger partial charge in [0, 0.05) is 25.0 Å². The van der Waals surface area contributed by atoms with E-state index in [1.807, 2.05) is 6.92 Å². The van der Waals surface area contributed by atoms with E-state index in [9.17, 15) is 13.2 Å². The van der Waals surface area contributed by atoms with E-state index in [2.05, 4.69) is 20.3 Å². The van der Waals surface area contributed by atoms with Crippen molar-refractivity contribution in [2.75, 3.05) is 30.7 Å². The molecule has 7 nitrogen and oxygen atoms in total. The molecular formula is C10H18N4O3S2. The molecule has 0 aliphatic rings. The van der Waals surface area contributed by atoms with E-state index in [0.29, 0.717) is 10.8 Å². The minimum Gasteiger partial charge on any atom is -0.362 e. The van der Waals surface area contributed by atoms with Crippen LogP contribution in [0, 0.1) is 0 Å². The summed E-state index contributed by atoms with van der Waals surface area (Å²) in [6, 6.07) is 0. The summed E-state index contributed by atoms with van der Waals surface area (Å²) >= 11 is 1.35. The van der Waals surface area contributed by atoms with Crippen LogP contribution in [-0.4, -0.2) is 44.7 Å². The largest absolute Gasteiger partial charge is 0.362 e. The minimum absolute atomic E-state index is 0.0269. The van der Waals surface area contributed by atoms with Gasteiger partial charge < -0.3 is 10.6 Å². The molecule has 0 spiro atoms. The zero-order valence-electron chi connectivity index (χ0n) is 10.9. The Labute approximate surface area is 116 Å². The van der Waals surface area contributed by atoms with Gasteiger partial charge in [0.05, 0.1) is 5.75 Å². The number of hydrogen-bond donors (Lipinski definition) is 3. The lowest BCUT2D eigenvalue weighted by molar-refractivity contribution is 0.0950. The molecule has 1 aromatic heterocycles. The summed E-state index contributed by atoms with van der Waals surface area (Å²) < 4.78 is 24.7. The summed E-state index contributed by atoms with van der Waals surface area (Å²) in [5.74, 6) is -0.282. The van der Waals surface area contributed by atoms with E-state index in [4.69, 9.17) is 0 Å². The molecule has 0 aliphatic carbocycles. The summed E-state index contributed by atoms with van der Waals surface area (Å²) in [4.78, 5) is 15.8. The number of anilines is 1. The quantitative estimate of drug-likeness (QED) is 0.598. The predicted molar refractivity (Wildman–Crippen MR) is 76.1 cm³/mol. The monoisotopic (exact) mass is 306 g/mol. The SMILES string of the molecule is CCNc1nc(C(=O)NCCNS(=O)(=O)CC)cs1. The first-order valence-electron chi connectivity index (χ1n) is 5.93. The Morgan fingerprint density at radius 2 is 2.11 bits per heavy atom. The molecule has 0 saturated carbocycles. The summed E-state index contributed by atoms with van der Waals surface area (Å²) in [7, 11) is -3.21. The molecule has 108 valence electrons. The van der Waals surface area contributed by atoms with Crippen LogP contribution in [0.3, 0.4) is 0 Å². The van der Waals surface area contributed by atoms with Gasteiger partial charge in [-0.25, -0.2) is 18.1 Å². The van der Waals surface area contributed by atoms with Crippen LogP contribution in [0.15, 0.2) is 5.38 Å². The molecule has 0 bridgehead atoms. The van der Waals surface area contributed by atoms with Gasteiger partial charge in [-0.3, -0.25) is 4.79 Å². The molecule has 0 unspecified atom stereocenters. The number of rotatable bonds is 8. The van der Waals surface area contributed by atoms with Gasteiger partial charge >= 0.3 is 0 Å². The first kappa shape index (κ1) is 15.9. The molecule has 0 saturated heterocycles. The number of hydrogen-bond acceptors (Lipinski definition) is 6. The van der Waals surface area contributed by atoms with Crippen LogP contribution in [-0.2, 0) is 10.0 Å². The van der Waals surface area contributed by atoms with Crippen molar-refractivity contribution in [3.63, 3.8) is 0 Å². The Morgan fingerprint density at radius 3 is 2.74 bits per heavy atom. The third kappa shape index (κ3) is 5.53. The highest BCUT2D eigenvalue weighted by atomic mass is 32.2. The zero-order valence-corrected chi connectivity index (χ0v) is 12.5. The van der Waals surface area contributed by atoms with Gasteiger partial charge in [0.1, 0.15) is 5.69 Å². The van der Waals surface area contributed by atoms with Gasteiger partial charge in [-0.15, -0.1) is 11.3 Å². The van der Waals surface area contributed by atoms with E-state index < -0.39 is 10.0 Å². The van der Waals surface area contributed by atoms with E-state index in [-0.39, 0.29) is 24.7 Å². The third-order valence-electron chi connectivity index (χ3n) is 2.18. The average Bonchev–Trinajstić information content (AvgIpc) is 2.83. The maximum Gasteiger partial charge on any atom is 0.270 e. The molecule has 3 N–H and O–H groups in total. The standard InChI is InChI=1S/C10H18N4O3S2/c1-3-11-10-14-8(7-18-10)9(15)12-5-6-13-19(16,17)4-2/h7,13H,3-6H2,1-2H3,(H,11,14)(H,12,15). The van der Waals surface area contributed by atoms with Crippen molar-refractivity contribution in [2.24, 2.45) is 0 Å². The van der Waals surface area contributed by atoms with E-state index in [0.717, 1.165) is 6.54 Å². The van der Waals surface area contributed by atoms with Gasteiger partial charge in [0.25, 0.3) is 5.91 Å². The first-order valence-corrected chi connectivity index (χ1v) is 8.46. The molecule has 19 heavy (non-hydrogen) atoms. The molecule has 9 heteroatoms. The molecule has 1 rings (SSSR count). The van der Waals surface area contributed by atoms with Crippen LogP contribution in [0.5, 0.6) is 0 Å². The molecule has 0 radical (unpaired) electrons. The van der Waals surface area contributed by atoms with Crippen molar-refractivity contribution in [2.45, 2.75) is 13.8 Å². The number of nitrogens with zero attached hydrogens (tertiary/aromatic N) is 1. The van der Waals surface area contributed by atoms with Gasteiger partial charge in [-0.2, -0.15) is 0 Å². The van der Waals surface area contributed by atoms with Crippen LogP contribution in [0.4, 0.5) is 5.13 Å². The number of carbonyl (C=O) groups is 1. The normalized spacial score (nSPS) is 11.3. The van der Waals surface area contributed by atoms with E-state index in [1.54, 1.807) is 12.3 Å². The Morgan fingerprint density at radius 1 is 1.37 bits per heavy atom.